The lowest BCUT2D eigenvalue weighted by Crippen LogP contribution is -2.22. The lowest BCUT2D eigenvalue weighted by atomic mass is 10.2. The highest BCUT2D eigenvalue weighted by Crippen LogP contribution is 2.27. The van der Waals surface area contributed by atoms with Gasteiger partial charge in [0.2, 0.25) is 0 Å². The SMILES string of the molecule is COc1cccc(Br)c1C(=O)N(C)C. The van der Waals surface area contributed by atoms with Crippen molar-refractivity contribution < 1.29 is 9.53 Å². The van der Waals surface area contributed by atoms with Crippen LogP contribution in [0.15, 0.2) is 22.7 Å². The van der Waals surface area contributed by atoms with Gasteiger partial charge in [-0.25, -0.2) is 0 Å². The predicted molar refractivity (Wildman–Crippen MR) is 58.7 cm³/mol. The maximum absolute atomic E-state index is 11.8. The average Bonchev–Trinajstić information content (AvgIpc) is 2.16. The van der Waals surface area contributed by atoms with Gasteiger partial charge in [-0.2, -0.15) is 0 Å². The molecule has 76 valence electrons. The highest BCUT2D eigenvalue weighted by atomic mass is 79.9. The molecule has 0 aliphatic rings. The van der Waals surface area contributed by atoms with Gasteiger partial charge in [-0.15, -0.1) is 0 Å². The Kier molecular flexibility index (Phi) is 3.52. The lowest BCUT2D eigenvalue weighted by molar-refractivity contribution is 0.0823. The van der Waals surface area contributed by atoms with E-state index in [1.54, 1.807) is 27.3 Å². The van der Waals surface area contributed by atoms with E-state index in [0.29, 0.717) is 11.3 Å². The third kappa shape index (κ3) is 2.07. The second kappa shape index (κ2) is 4.46. The minimum atomic E-state index is -0.0747. The number of amides is 1. The molecule has 0 heterocycles. The maximum Gasteiger partial charge on any atom is 0.258 e. The highest BCUT2D eigenvalue weighted by Gasteiger charge is 2.16. The summed E-state index contributed by atoms with van der Waals surface area (Å²) in [5, 5.41) is 0. The van der Waals surface area contributed by atoms with Crippen LogP contribution in [-0.4, -0.2) is 32.0 Å². The largest absolute Gasteiger partial charge is 0.496 e. The number of ether oxygens (including phenoxy) is 1. The summed E-state index contributed by atoms with van der Waals surface area (Å²) in [6.45, 7) is 0. The molecule has 0 N–H and O–H groups in total. The van der Waals surface area contributed by atoms with Crippen LogP contribution in [0.2, 0.25) is 0 Å². The summed E-state index contributed by atoms with van der Waals surface area (Å²) in [4.78, 5) is 13.3. The Morgan fingerprint density at radius 2 is 2.07 bits per heavy atom. The zero-order valence-corrected chi connectivity index (χ0v) is 9.96. The number of benzene rings is 1. The van der Waals surface area contributed by atoms with Crippen LogP contribution in [-0.2, 0) is 0 Å². The van der Waals surface area contributed by atoms with Crippen LogP contribution in [0.5, 0.6) is 5.75 Å². The highest BCUT2D eigenvalue weighted by molar-refractivity contribution is 9.10. The molecule has 0 aliphatic carbocycles. The van der Waals surface area contributed by atoms with Crippen molar-refractivity contribution >= 4 is 21.8 Å². The smallest absolute Gasteiger partial charge is 0.258 e. The first-order chi connectivity index (χ1) is 6.57. The molecular formula is C10H12BrNO2. The number of halogens is 1. The Morgan fingerprint density at radius 1 is 1.43 bits per heavy atom. The molecule has 0 bridgehead atoms. The third-order valence-corrected chi connectivity index (χ3v) is 2.48. The van der Waals surface area contributed by atoms with Crippen molar-refractivity contribution in [1.82, 2.24) is 4.90 Å². The molecule has 0 aromatic heterocycles. The van der Waals surface area contributed by atoms with Crippen LogP contribution < -0.4 is 4.74 Å². The fraction of sp³-hybridized carbons (Fsp3) is 0.300. The average molecular weight is 258 g/mol. The molecule has 1 amide bonds. The fourth-order valence-corrected chi connectivity index (χ4v) is 1.62. The molecule has 0 aliphatic heterocycles. The summed E-state index contributed by atoms with van der Waals surface area (Å²) >= 11 is 3.33. The fourth-order valence-electron chi connectivity index (χ4n) is 1.11. The van der Waals surface area contributed by atoms with Gasteiger partial charge in [0.1, 0.15) is 5.75 Å². The van der Waals surface area contributed by atoms with Gasteiger partial charge in [-0.1, -0.05) is 6.07 Å². The predicted octanol–water partition coefficient (Wildman–Crippen LogP) is 2.16. The first-order valence-electron chi connectivity index (χ1n) is 4.12. The van der Waals surface area contributed by atoms with Crippen LogP contribution >= 0.6 is 15.9 Å². The molecule has 14 heavy (non-hydrogen) atoms. The monoisotopic (exact) mass is 257 g/mol. The molecule has 0 saturated heterocycles. The van der Waals surface area contributed by atoms with Gasteiger partial charge in [-0.3, -0.25) is 4.79 Å². The minimum Gasteiger partial charge on any atom is -0.496 e. The Balaban J connectivity index is 3.23. The molecule has 0 saturated carbocycles. The first kappa shape index (κ1) is 11.0. The summed E-state index contributed by atoms with van der Waals surface area (Å²) in [5.41, 5.74) is 0.556. The molecular weight excluding hydrogens is 246 g/mol. The standard InChI is InChI=1S/C10H12BrNO2/c1-12(2)10(13)9-7(11)5-4-6-8(9)14-3/h4-6H,1-3H3. The number of carbonyl (C=O) groups excluding carboxylic acids is 1. The Bertz CT molecular complexity index is 350. The Morgan fingerprint density at radius 3 is 2.57 bits per heavy atom. The first-order valence-corrected chi connectivity index (χ1v) is 4.91. The summed E-state index contributed by atoms with van der Waals surface area (Å²) < 4.78 is 5.87. The second-order valence-electron chi connectivity index (χ2n) is 3.02. The van der Waals surface area contributed by atoms with E-state index in [1.165, 1.54) is 4.90 Å². The molecule has 0 fully saturated rings. The number of nitrogens with zero attached hydrogens (tertiary/aromatic N) is 1. The van der Waals surface area contributed by atoms with E-state index in [-0.39, 0.29) is 5.91 Å². The van der Waals surface area contributed by atoms with Gasteiger partial charge in [0.05, 0.1) is 12.7 Å². The van der Waals surface area contributed by atoms with Crippen LogP contribution in [0.4, 0.5) is 0 Å². The molecule has 4 heteroatoms. The van der Waals surface area contributed by atoms with E-state index < -0.39 is 0 Å². The summed E-state index contributed by atoms with van der Waals surface area (Å²) in [6.07, 6.45) is 0. The van der Waals surface area contributed by atoms with Crippen molar-refractivity contribution in [2.45, 2.75) is 0 Å². The summed E-state index contributed by atoms with van der Waals surface area (Å²) in [6, 6.07) is 5.41. The van der Waals surface area contributed by atoms with Crippen molar-refractivity contribution in [3.8, 4) is 5.75 Å². The molecule has 0 spiro atoms. The zero-order chi connectivity index (χ0) is 10.7. The quantitative estimate of drug-likeness (QED) is 0.813. The van der Waals surface area contributed by atoms with Gasteiger partial charge in [0.25, 0.3) is 5.91 Å². The minimum absolute atomic E-state index is 0.0747. The normalized spacial score (nSPS) is 9.71. The molecule has 1 rings (SSSR count). The van der Waals surface area contributed by atoms with Crippen molar-refractivity contribution in [1.29, 1.82) is 0 Å². The van der Waals surface area contributed by atoms with E-state index in [2.05, 4.69) is 15.9 Å². The topological polar surface area (TPSA) is 29.5 Å². The summed E-state index contributed by atoms with van der Waals surface area (Å²) in [5.74, 6) is 0.507. The summed E-state index contributed by atoms with van der Waals surface area (Å²) in [7, 11) is 4.97. The van der Waals surface area contributed by atoms with E-state index >= 15 is 0 Å². The lowest BCUT2D eigenvalue weighted by Gasteiger charge is -2.14. The van der Waals surface area contributed by atoms with Crippen molar-refractivity contribution in [3.05, 3.63) is 28.2 Å². The molecule has 1 aromatic carbocycles. The molecule has 1 aromatic rings. The van der Waals surface area contributed by atoms with Gasteiger partial charge in [0.15, 0.2) is 0 Å². The van der Waals surface area contributed by atoms with Gasteiger partial charge in [-0.05, 0) is 28.1 Å². The van der Waals surface area contributed by atoms with Crippen LogP contribution in [0.25, 0.3) is 0 Å². The van der Waals surface area contributed by atoms with Crippen molar-refractivity contribution in [2.24, 2.45) is 0 Å². The number of hydrogen-bond donors (Lipinski definition) is 0. The van der Waals surface area contributed by atoms with Crippen molar-refractivity contribution in [3.63, 3.8) is 0 Å². The van der Waals surface area contributed by atoms with E-state index in [9.17, 15) is 4.79 Å². The van der Waals surface area contributed by atoms with E-state index in [1.807, 2.05) is 12.1 Å². The zero-order valence-electron chi connectivity index (χ0n) is 8.37. The molecule has 3 nitrogen and oxygen atoms in total. The molecule has 0 unspecified atom stereocenters. The molecule has 0 atom stereocenters. The van der Waals surface area contributed by atoms with Gasteiger partial charge >= 0.3 is 0 Å². The third-order valence-electron chi connectivity index (χ3n) is 1.82. The maximum atomic E-state index is 11.8. The van der Waals surface area contributed by atoms with Crippen molar-refractivity contribution in [2.75, 3.05) is 21.2 Å². The van der Waals surface area contributed by atoms with E-state index in [0.717, 1.165) is 4.47 Å². The van der Waals surface area contributed by atoms with Crippen LogP contribution in [0.1, 0.15) is 10.4 Å². The Hall–Kier alpha value is -1.03. The number of methoxy groups -OCH3 is 1. The van der Waals surface area contributed by atoms with Crippen LogP contribution in [0.3, 0.4) is 0 Å². The Labute approximate surface area is 91.8 Å². The van der Waals surface area contributed by atoms with Gasteiger partial charge in [0, 0.05) is 18.6 Å². The van der Waals surface area contributed by atoms with Crippen LogP contribution in [0, 0.1) is 0 Å². The number of hydrogen-bond acceptors (Lipinski definition) is 2. The van der Waals surface area contributed by atoms with E-state index in [4.69, 9.17) is 4.74 Å². The van der Waals surface area contributed by atoms with Gasteiger partial charge < -0.3 is 9.64 Å². The second-order valence-corrected chi connectivity index (χ2v) is 3.87. The molecule has 0 radical (unpaired) electrons. The number of rotatable bonds is 2. The number of carbonyl (C=O) groups is 1.